The van der Waals surface area contributed by atoms with Crippen LogP contribution in [0.1, 0.15) is 47.0 Å². The van der Waals surface area contributed by atoms with E-state index < -0.39 is 5.60 Å². The molecular weight excluding hydrogens is 216 g/mol. The third kappa shape index (κ3) is 1.13. The number of Topliss-reactive ketones (excluding diaryl/α,β-unsaturated/α-hetero) is 1. The summed E-state index contributed by atoms with van der Waals surface area (Å²) in [4.78, 5) is 12.4. The lowest BCUT2D eigenvalue weighted by Gasteiger charge is -2.44. The standard InChI is InChI=1S/C14H22O3/c1-8-10(17-8)11(15)14(16)7-9-5-6-13(14,4)12(9,2)3/h8-10,16H,5-7H2,1-4H3/t8-,9-,10+,13-,14+/m1/s1. The molecule has 0 aromatic rings. The number of hydrogen-bond donors (Lipinski definition) is 1. The molecule has 2 aliphatic carbocycles. The third-order valence-electron chi connectivity index (χ3n) is 6.27. The fraction of sp³-hybridized carbons (Fsp3) is 0.929. The molecule has 1 saturated heterocycles. The zero-order valence-electron chi connectivity index (χ0n) is 11.1. The Morgan fingerprint density at radius 1 is 1.35 bits per heavy atom. The van der Waals surface area contributed by atoms with Crippen LogP contribution in [0.5, 0.6) is 0 Å². The second-order valence-electron chi connectivity index (χ2n) is 6.98. The Balaban J connectivity index is 1.97. The molecule has 96 valence electrons. The van der Waals surface area contributed by atoms with E-state index in [0.717, 1.165) is 12.8 Å². The van der Waals surface area contributed by atoms with Crippen LogP contribution in [-0.2, 0) is 9.53 Å². The fourth-order valence-electron chi connectivity index (χ4n) is 4.34. The summed E-state index contributed by atoms with van der Waals surface area (Å²) in [5.74, 6) is 0.401. The molecular formula is C14H22O3. The van der Waals surface area contributed by atoms with E-state index in [0.29, 0.717) is 12.3 Å². The molecule has 0 unspecified atom stereocenters. The predicted octanol–water partition coefficient (Wildman–Crippen LogP) is 1.92. The minimum Gasteiger partial charge on any atom is -0.381 e. The van der Waals surface area contributed by atoms with Gasteiger partial charge in [0.05, 0.1) is 6.10 Å². The Bertz CT molecular complexity index is 389. The van der Waals surface area contributed by atoms with Gasteiger partial charge in [-0.05, 0) is 37.5 Å². The smallest absolute Gasteiger partial charge is 0.196 e. The van der Waals surface area contributed by atoms with Crippen molar-refractivity contribution in [2.45, 2.75) is 64.8 Å². The minimum atomic E-state index is -1.16. The summed E-state index contributed by atoms with van der Waals surface area (Å²) in [7, 11) is 0. The van der Waals surface area contributed by atoms with Gasteiger partial charge < -0.3 is 9.84 Å². The molecule has 3 fully saturated rings. The summed E-state index contributed by atoms with van der Waals surface area (Å²) >= 11 is 0. The number of ketones is 1. The molecule has 0 radical (unpaired) electrons. The van der Waals surface area contributed by atoms with Gasteiger partial charge in [0.15, 0.2) is 5.78 Å². The van der Waals surface area contributed by atoms with Gasteiger partial charge in [-0.2, -0.15) is 0 Å². The van der Waals surface area contributed by atoms with E-state index in [9.17, 15) is 9.90 Å². The summed E-state index contributed by atoms with van der Waals surface area (Å²) in [5.41, 5.74) is -1.39. The molecule has 1 heterocycles. The van der Waals surface area contributed by atoms with Crippen LogP contribution in [-0.4, -0.2) is 28.7 Å². The molecule has 0 aromatic carbocycles. The van der Waals surface area contributed by atoms with Crippen molar-refractivity contribution in [2.75, 3.05) is 0 Å². The SMILES string of the molecule is C[C@H]1O[C@@H]1C(=O)[C@@]1(O)C[C@H]2CC[C@]1(C)C2(C)C. The second-order valence-corrected chi connectivity index (χ2v) is 6.98. The second kappa shape index (κ2) is 2.94. The third-order valence-corrected chi connectivity index (χ3v) is 6.27. The van der Waals surface area contributed by atoms with Gasteiger partial charge >= 0.3 is 0 Å². The van der Waals surface area contributed by atoms with Gasteiger partial charge in [-0.3, -0.25) is 4.79 Å². The van der Waals surface area contributed by atoms with E-state index in [-0.39, 0.29) is 28.8 Å². The molecule has 3 heteroatoms. The Morgan fingerprint density at radius 2 is 1.94 bits per heavy atom. The number of carbonyl (C=O) groups is 1. The highest BCUT2D eigenvalue weighted by Gasteiger charge is 2.72. The maximum atomic E-state index is 12.4. The first-order chi connectivity index (χ1) is 7.74. The zero-order chi connectivity index (χ0) is 12.6. The van der Waals surface area contributed by atoms with Gasteiger partial charge in [-0.15, -0.1) is 0 Å². The minimum absolute atomic E-state index is 0.00244. The van der Waals surface area contributed by atoms with Crippen LogP contribution >= 0.6 is 0 Å². The average molecular weight is 238 g/mol. The average Bonchev–Trinajstić information content (AvgIpc) is 2.89. The molecule has 17 heavy (non-hydrogen) atoms. The first-order valence-corrected chi connectivity index (χ1v) is 6.66. The monoisotopic (exact) mass is 238 g/mol. The van der Waals surface area contributed by atoms with E-state index in [1.54, 1.807) is 0 Å². The van der Waals surface area contributed by atoms with Crippen molar-refractivity contribution in [1.82, 2.24) is 0 Å². The summed E-state index contributed by atoms with van der Waals surface area (Å²) in [6, 6.07) is 0. The van der Waals surface area contributed by atoms with Gasteiger partial charge in [-0.1, -0.05) is 20.8 Å². The first-order valence-electron chi connectivity index (χ1n) is 6.66. The lowest BCUT2D eigenvalue weighted by Crippen LogP contribution is -2.54. The highest BCUT2D eigenvalue weighted by molar-refractivity contribution is 5.94. The fourth-order valence-corrected chi connectivity index (χ4v) is 4.34. The van der Waals surface area contributed by atoms with Crippen LogP contribution in [0.4, 0.5) is 0 Å². The summed E-state index contributed by atoms with van der Waals surface area (Å²) in [6.45, 7) is 8.39. The predicted molar refractivity (Wildman–Crippen MR) is 63.5 cm³/mol. The van der Waals surface area contributed by atoms with E-state index in [4.69, 9.17) is 4.74 Å². The molecule has 0 amide bonds. The Hall–Kier alpha value is -0.410. The normalized spacial score (nSPS) is 55.0. The van der Waals surface area contributed by atoms with E-state index >= 15 is 0 Å². The van der Waals surface area contributed by atoms with Crippen molar-refractivity contribution >= 4 is 5.78 Å². The van der Waals surface area contributed by atoms with Gasteiger partial charge in [0.25, 0.3) is 0 Å². The number of ether oxygens (including phenoxy) is 1. The Kier molecular flexibility index (Phi) is 2.02. The van der Waals surface area contributed by atoms with Gasteiger partial charge in [0.2, 0.25) is 0 Å². The summed E-state index contributed by atoms with van der Waals surface area (Å²) in [6.07, 6.45) is 2.36. The number of carbonyl (C=O) groups excluding carboxylic acids is 1. The lowest BCUT2D eigenvalue weighted by atomic mass is 9.62. The quantitative estimate of drug-likeness (QED) is 0.748. The molecule has 1 N–H and O–H groups in total. The highest BCUT2D eigenvalue weighted by Crippen LogP contribution is 2.70. The maximum absolute atomic E-state index is 12.4. The molecule has 0 spiro atoms. The summed E-state index contributed by atoms with van der Waals surface area (Å²) in [5, 5.41) is 10.9. The molecule has 3 nitrogen and oxygen atoms in total. The van der Waals surface area contributed by atoms with Gasteiger partial charge in [0.1, 0.15) is 11.7 Å². The zero-order valence-corrected chi connectivity index (χ0v) is 11.1. The molecule has 2 bridgehead atoms. The highest BCUT2D eigenvalue weighted by atomic mass is 16.6. The van der Waals surface area contributed by atoms with Crippen molar-refractivity contribution in [3.63, 3.8) is 0 Å². The molecule has 5 atom stereocenters. The van der Waals surface area contributed by atoms with E-state index in [2.05, 4.69) is 20.8 Å². The van der Waals surface area contributed by atoms with E-state index in [1.165, 1.54) is 0 Å². The first kappa shape index (κ1) is 11.7. The number of epoxide rings is 1. The van der Waals surface area contributed by atoms with Crippen molar-refractivity contribution < 1.29 is 14.6 Å². The van der Waals surface area contributed by atoms with Crippen LogP contribution < -0.4 is 0 Å². The molecule has 3 aliphatic rings. The van der Waals surface area contributed by atoms with Crippen LogP contribution in [0.25, 0.3) is 0 Å². The number of fused-ring (bicyclic) bond motifs is 2. The number of hydrogen-bond acceptors (Lipinski definition) is 3. The molecule has 1 aliphatic heterocycles. The van der Waals surface area contributed by atoms with Crippen LogP contribution in [0, 0.1) is 16.7 Å². The van der Waals surface area contributed by atoms with Gasteiger partial charge in [-0.25, -0.2) is 0 Å². The number of rotatable bonds is 2. The summed E-state index contributed by atoms with van der Waals surface area (Å²) < 4.78 is 5.27. The van der Waals surface area contributed by atoms with Crippen molar-refractivity contribution in [3.8, 4) is 0 Å². The lowest BCUT2D eigenvalue weighted by molar-refractivity contribution is -0.156. The van der Waals surface area contributed by atoms with E-state index in [1.807, 2.05) is 6.92 Å². The van der Waals surface area contributed by atoms with Crippen LogP contribution in [0.2, 0.25) is 0 Å². The van der Waals surface area contributed by atoms with Crippen LogP contribution in [0.15, 0.2) is 0 Å². The molecule has 0 aromatic heterocycles. The topological polar surface area (TPSA) is 49.8 Å². The maximum Gasteiger partial charge on any atom is 0.196 e. The van der Waals surface area contributed by atoms with Crippen LogP contribution in [0.3, 0.4) is 0 Å². The molecule has 2 saturated carbocycles. The Labute approximate surface area is 103 Å². The van der Waals surface area contributed by atoms with Gasteiger partial charge in [0, 0.05) is 5.41 Å². The Morgan fingerprint density at radius 3 is 2.29 bits per heavy atom. The van der Waals surface area contributed by atoms with Crippen molar-refractivity contribution in [1.29, 1.82) is 0 Å². The molecule has 3 rings (SSSR count). The van der Waals surface area contributed by atoms with Crippen molar-refractivity contribution in [3.05, 3.63) is 0 Å². The van der Waals surface area contributed by atoms with Crippen molar-refractivity contribution in [2.24, 2.45) is 16.7 Å². The number of aliphatic hydroxyl groups is 1. The largest absolute Gasteiger partial charge is 0.381 e.